The summed E-state index contributed by atoms with van der Waals surface area (Å²) >= 11 is 3.45. The van der Waals surface area contributed by atoms with Crippen LogP contribution < -0.4 is 0 Å². The normalized spacial score (nSPS) is 26.7. The lowest BCUT2D eigenvalue weighted by atomic mass is 9.88. The quantitative estimate of drug-likeness (QED) is 0.746. The molecule has 2 aromatic rings. The highest BCUT2D eigenvalue weighted by Gasteiger charge is 2.53. The molecule has 2 saturated heterocycles. The molecule has 2 aromatic carbocycles. The van der Waals surface area contributed by atoms with E-state index in [2.05, 4.69) is 15.9 Å². The van der Waals surface area contributed by atoms with Gasteiger partial charge in [-0.3, -0.25) is 0 Å². The van der Waals surface area contributed by atoms with Gasteiger partial charge in [0.25, 0.3) is 0 Å². The van der Waals surface area contributed by atoms with Gasteiger partial charge in [-0.2, -0.15) is 4.31 Å². The summed E-state index contributed by atoms with van der Waals surface area (Å²) in [4.78, 5) is 0.334. The summed E-state index contributed by atoms with van der Waals surface area (Å²) in [6, 6.07) is 15.0. The summed E-state index contributed by atoms with van der Waals surface area (Å²) in [5.41, 5.74) is 1.55. The largest absolute Gasteiger partial charge is 0.350 e. The van der Waals surface area contributed by atoms with E-state index in [1.54, 1.807) is 16.4 Å². The summed E-state index contributed by atoms with van der Waals surface area (Å²) < 4.78 is 35.1. The Bertz CT molecular complexity index is 880. The van der Waals surface area contributed by atoms with Crippen molar-refractivity contribution in [1.29, 1.82) is 0 Å². The van der Waals surface area contributed by atoms with Gasteiger partial charge in [-0.05, 0) is 56.0 Å². The molecule has 2 bridgehead atoms. The van der Waals surface area contributed by atoms with E-state index in [1.807, 2.05) is 43.3 Å². The molecule has 132 valence electrons. The van der Waals surface area contributed by atoms with Crippen molar-refractivity contribution in [1.82, 2.24) is 4.31 Å². The number of aryl methyl sites for hydroxylation is 1. The van der Waals surface area contributed by atoms with Gasteiger partial charge >= 0.3 is 0 Å². The van der Waals surface area contributed by atoms with Crippen LogP contribution in [0.3, 0.4) is 0 Å². The van der Waals surface area contributed by atoms with Gasteiger partial charge in [-0.15, -0.1) is 0 Å². The molecule has 25 heavy (non-hydrogen) atoms. The fraction of sp³-hybridized carbons (Fsp3) is 0.368. The highest BCUT2D eigenvalue weighted by atomic mass is 79.9. The van der Waals surface area contributed by atoms with Gasteiger partial charge in [0.15, 0.2) is 0 Å². The number of benzene rings is 2. The second-order valence-electron chi connectivity index (χ2n) is 6.83. The summed E-state index contributed by atoms with van der Waals surface area (Å²) in [5, 5.41) is 0. The molecule has 4 nitrogen and oxygen atoms in total. The zero-order valence-electron chi connectivity index (χ0n) is 14.0. The highest BCUT2D eigenvalue weighted by molar-refractivity contribution is 9.10. The number of hydrogen-bond acceptors (Lipinski definition) is 3. The van der Waals surface area contributed by atoms with E-state index in [0.29, 0.717) is 11.4 Å². The minimum Gasteiger partial charge on any atom is -0.350 e. The smallest absolute Gasteiger partial charge is 0.245 e. The summed E-state index contributed by atoms with van der Waals surface area (Å²) in [5.74, 6) is 0. The Morgan fingerprint density at radius 3 is 2.48 bits per heavy atom. The van der Waals surface area contributed by atoms with Crippen molar-refractivity contribution in [3.63, 3.8) is 0 Å². The molecule has 0 aromatic heterocycles. The molecule has 0 N–H and O–H groups in total. The highest BCUT2D eigenvalue weighted by Crippen LogP contribution is 2.46. The van der Waals surface area contributed by atoms with Crippen LogP contribution in [0.15, 0.2) is 57.9 Å². The minimum absolute atomic E-state index is 0.334. The topological polar surface area (TPSA) is 46.6 Å². The van der Waals surface area contributed by atoms with Crippen molar-refractivity contribution < 1.29 is 13.2 Å². The number of rotatable bonds is 3. The summed E-state index contributed by atoms with van der Waals surface area (Å²) in [6.07, 6.45) is 2.15. The molecule has 2 heterocycles. The van der Waals surface area contributed by atoms with Gasteiger partial charge in [0.2, 0.25) is 10.0 Å². The fourth-order valence-electron chi connectivity index (χ4n) is 3.76. The lowest BCUT2D eigenvalue weighted by Gasteiger charge is -2.32. The Hall–Kier alpha value is -1.21. The van der Waals surface area contributed by atoms with E-state index >= 15 is 0 Å². The number of ether oxygens (including phenoxy) is 1. The van der Waals surface area contributed by atoms with Crippen molar-refractivity contribution in [3.8, 4) is 0 Å². The Labute approximate surface area is 157 Å². The predicted molar refractivity (Wildman–Crippen MR) is 99.6 cm³/mol. The van der Waals surface area contributed by atoms with Crippen molar-refractivity contribution in [2.75, 3.05) is 6.54 Å². The monoisotopic (exact) mass is 421 g/mol. The molecule has 2 fully saturated rings. The number of nitrogens with zero attached hydrogens (tertiary/aromatic N) is 1. The van der Waals surface area contributed by atoms with Crippen LogP contribution in [0.2, 0.25) is 0 Å². The standard InChI is InChI=1S/C19H20BrNO3S/c1-14-4-10-17(11-5-14)25(22,23)21-13-19(12-2-3-18(21)24-19)15-6-8-16(20)9-7-15/h4-11,18H,2-3,12-13H2,1H3/t18?,19-/m0/s1. The number of sulfonamides is 1. The van der Waals surface area contributed by atoms with Crippen LogP contribution in [0.5, 0.6) is 0 Å². The number of fused-ring (bicyclic) bond motifs is 2. The molecule has 0 radical (unpaired) electrons. The van der Waals surface area contributed by atoms with Gasteiger partial charge in [-0.25, -0.2) is 8.42 Å². The van der Waals surface area contributed by atoms with Crippen LogP contribution in [0.4, 0.5) is 0 Å². The maximum Gasteiger partial charge on any atom is 0.245 e. The van der Waals surface area contributed by atoms with Crippen LogP contribution in [0, 0.1) is 6.92 Å². The second-order valence-corrected chi connectivity index (χ2v) is 9.64. The molecular weight excluding hydrogens is 402 g/mol. The van der Waals surface area contributed by atoms with Crippen molar-refractivity contribution in [3.05, 3.63) is 64.1 Å². The lowest BCUT2D eigenvalue weighted by Crippen LogP contribution is -2.36. The Morgan fingerprint density at radius 2 is 1.80 bits per heavy atom. The molecule has 0 spiro atoms. The first-order chi connectivity index (χ1) is 11.9. The molecule has 2 atom stereocenters. The van der Waals surface area contributed by atoms with Gasteiger partial charge in [0, 0.05) is 4.47 Å². The van der Waals surface area contributed by atoms with Crippen LogP contribution in [-0.2, 0) is 20.4 Å². The van der Waals surface area contributed by atoms with E-state index in [9.17, 15) is 8.42 Å². The Balaban J connectivity index is 1.70. The zero-order chi connectivity index (χ0) is 17.7. The first kappa shape index (κ1) is 17.2. The van der Waals surface area contributed by atoms with Crippen LogP contribution in [0.1, 0.15) is 30.4 Å². The first-order valence-electron chi connectivity index (χ1n) is 8.43. The number of hydrogen-bond donors (Lipinski definition) is 0. The predicted octanol–water partition coefficient (Wildman–Crippen LogP) is 4.18. The zero-order valence-corrected chi connectivity index (χ0v) is 16.4. The molecule has 0 saturated carbocycles. The third-order valence-corrected chi connectivity index (χ3v) is 7.50. The van der Waals surface area contributed by atoms with Crippen molar-refractivity contribution in [2.45, 2.75) is 42.9 Å². The Kier molecular flexibility index (Phi) is 4.27. The van der Waals surface area contributed by atoms with E-state index in [-0.39, 0.29) is 6.23 Å². The third kappa shape index (κ3) is 2.95. The van der Waals surface area contributed by atoms with E-state index < -0.39 is 15.6 Å². The van der Waals surface area contributed by atoms with Gasteiger partial charge in [-0.1, -0.05) is 45.8 Å². The molecule has 2 aliphatic heterocycles. The maximum atomic E-state index is 13.2. The molecule has 0 aliphatic carbocycles. The van der Waals surface area contributed by atoms with Gasteiger partial charge < -0.3 is 4.74 Å². The Morgan fingerprint density at radius 1 is 1.12 bits per heavy atom. The fourth-order valence-corrected chi connectivity index (χ4v) is 5.61. The first-order valence-corrected chi connectivity index (χ1v) is 10.7. The molecule has 6 heteroatoms. The molecular formula is C19H20BrNO3S. The van der Waals surface area contributed by atoms with Crippen LogP contribution >= 0.6 is 15.9 Å². The SMILES string of the molecule is Cc1ccc(S(=O)(=O)N2C[C@]3(c4ccc(Br)cc4)CCCC2O3)cc1. The molecule has 0 amide bonds. The third-order valence-electron chi connectivity index (χ3n) is 5.12. The average Bonchev–Trinajstić information content (AvgIpc) is 2.88. The van der Waals surface area contributed by atoms with Gasteiger partial charge in [0.1, 0.15) is 11.8 Å². The molecule has 1 unspecified atom stereocenters. The second kappa shape index (κ2) is 6.20. The van der Waals surface area contributed by atoms with Crippen molar-refractivity contribution in [2.24, 2.45) is 0 Å². The minimum atomic E-state index is -3.56. The lowest BCUT2D eigenvalue weighted by molar-refractivity contribution is -0.0877. The number of halogens is 1. The van der Waals surface area contributed by atoms with Crippen molar-refractivity contribution >= 4 is 26.0 Å². The average molecular weight is 422 g/mol. The van der Waals surface area contributed by atoms with E-state index in [4.69, 9.17) is 4.74 Å². The van der Waals surface area contributed by atoms with E-state index in [1.165, 1.54) is 0 Å². The summed E-state index contributed by atoms with van der Waals surface area (Å²) in [7, 11) is -3.56. The maximum absolute atomic E-state index is 13.2. The molecule has 2 aliphatic rings. The van der Waals surface area contributed by atoms with E-state index in [0.717, 1.165) is 34.9 Å². The summed E-state index contributed by atoms with van der Waals surface area (Å²) in [6.45, 7) is 2.32. The molecule has 4 rings (SSSR count). The van der Waals surface area contributed by atoms with Crippen LogP contribution in [0.25, 0.3) is 0 Å². The van der Waals surface area contributed by atoms with Crippen LogP contribution in [-0.4, -0.2) is 25.5 Å². The van der Waals surface area contributed by atoms with Gasteiger partial charge in [0.05, 0.1) is 11.4 Å².